The summed E-state index contributed by atoms with van der Waals surface area (Å²) >= 11 is -1.55. The largest absolute Gasteiger partial charge is 0.598 e. The Bertz CT molecular complexity index is 823. The van der Waals surface area contributed by atoms with E-state index in [9.17, 15) is 22.5 Å². The number of carboxylic acids is 1. The van der Waals surface area contributed by atoms with Crippen molar-refractivity contribution in [3.05, 3.63) is 35.9 Å². The standard InChI is InChI=1S/C16H20F3N5O4S/c1-15(2,3)29(27)22-14(12-7-24(23-21-12)8-13(25)26)11-5-4-10(6-20-11)28-9-16(17,18)19/h4-7,14,22H,8-9H2,1-3H3,(H,25,26)/t14?,29-/m0/s1. The van der Waals surface area contributed by atoms with E-state index in [0.29, 0.717) is 5.69 Å². The third-order valence-electron chi connectivity index (χ3n) is 3.39. The van der Waals surface area contributed by atoms with Crippen molar-refractivity contribution in [1.29, 1.82) is 0 Å². The first-order valence-electron chi connectivity index (χ1n) is 8.30. The Hall–Kier alpha value is -2.38. The van der Waals surface area contributed by atoms with Crippen molar-refractivity contribution in [2.45, 2.75) is 44.3 Å². The van der Waals surface area contributed by atoms with Gasteiger partial charge in [0.2, 0.25) is 0 Å². The zero-order valence-corrected chi connectivity index (χ0v) is 16.6. The minimum Gasteiger partial charge on any atom is -0.598 e. The monoisotopic (exact) mass is 435 g/mol. The number of nitrogens with one attached hydrogen (secondary N) is 1. The fourth-order valence-electron chi connectivity index (χ4n) is 2.03. The molecule has 0 aliphatic heterocycles. The van der Waals surface area contributed by atoms with E-state index in [4.69, 9.17) is 5.11 Å². The van der Waals surface area contributed by atoms with Gasteiger partial charge in [0.15, 0.2) is 6.61 Å². The van der Waals surface area contributed by atoms with E-state index in [-0.39, 0.29) is 11.4 Å². The topological polar surface area (TPSA) is 125 Å². The molecule has 0 saturated carbocycles. The summed E-state index contributed by atoms with van der Waals surface area (Å²) in [5.74, 6) is -1.20. The summed E-state index contributed by atoms with van der Waals surface area (Å²) in [4.78, 5) is 14.9. The number of halogens is 3. The molecule has 29 heavy (non-hydrogen) atoms. The quantitative estimate of drug-likeness (QED) is 0.602. The van der Waals surface area contributed by atoms with Gasteiger partial charge in [-0.25, -0.2) is 4.68 Å². The van der Waals surface area contributed by atoms with Crippen LogP contribution in [0.4, 0.5) is 13.2 Å². The molecule has 0 saturated heterocycles. The fraction of sp³-hybridized carbons (Fsp3) is 0.500. The van der Waals surface area contributed by atoms with Crippen LogP contribution in [0.25, 0.3) is 0 Å². The maximum atomic E-state index is 12.6. The number of rotatable bonds is 8. The summed E-state index contributed by atoms with van der Waals surface area (Å²) in [6, 6.07) is 1.86. The highest BCUT2D eigenvalue weighted by Gasteiger charge is 2.33. The first-order valence-corrected chi connectivity index (χ1v) is 9.45. The molecule has 2 aromatic heterocycles. The molecular formula is C16H20F3N5O4S. The van der Waals surface area contributed by atoms with Crippen LogP contribution in [0, 0.1) is 0 Å². The lowest BCUT2D eigenvalue weighted by Crippen LogP contribution is -2.41. The average Bonchev–Trinajstić information content (AvgIpc) is 3.04. The van der Waals surface area contributed by atoms with E-state index >= 15 is 0 Å². The molecule has 2 atom stereocenters. The lowest BCUT2D eigenvalue weighted by Gasteiger charge is -2.27. The summed E-state index contributed by atoms with van der Waals surface area (Å²) in [6.45, 7) is 3.37. The van der Waals surface area contributed by atoms with Crippen LogP contribution in [-0.4, -0.2) is 53.1 Å². The van der Waals surface area contributed by atoms with E-state index in [1.165, 1.54) is 18.3 Å². The van der Waals surface area contributed by atoms with Crippen molar-refractivity contribution in [3.8, 4) is 5.75 Å². The van der Waals surface area contributed by atoms with Crippen molar-refractivity contribution < 1.29 is 32.4 Å². The second kappa shape index (κ2) is 8.97. The average molecular weight is 435 g/mol. The fourth-order valence-corrected chi connectivity index (χ4v) is 2.84. The van der Waals surface area contributed by atoms with Gasteiger partial charge in [0.1, 0.15) is 28.8 Å². The number of pyridine rings is 1. The van der Waals surface area contributed by atoms with E-state index in [1.54, 1.807) is 20.8 Å². The van der Waals surface area contributed by atoms with Crippen molar-refractivity contribution in [1.82, 2.24) is 24.7 Å². The van der Waals surface area contributed by atoms with Gasteiger partial charge in [0.25, 0.3) is 0 Å². The van der Waals surface area contributed by atoms with Gasteiger partial charge in [0.05, 0.1) is 18.1 Å². The lowest BCUT2D eigenvalue weighted by atomic mass is 10.1. The van der Waals surface area contributed by atoms with Gasteiger partial charge >= 0.3 is 12.1 Å². The highest BCUT2D eigenvalue weighted by molar-refractivity contribution is 7.90. The summed E-state index contributed by atoms with van der Waals surface area (Å²) in [6.07, 6.45) is -2.01. The molecule has 0 aromatic carbocycles. The Balaban J connectivity index is 2.27. The van der Waals surface area contributed by atoms with Gasteiger partial charge in [-0.3, -0.25) is 9.78 Å². The van der Waals surface area contributed by atoms with Crippen LogP contribution < -0.4 is 9.46 Å². The van der Waals surface area contributed by atoms with Crippen LogP contribution in [-0.2, 0) is 22.7 Å². The molecule has 1 unspecified atom stereocenters. The number of carbonyl (C=O) groups is 1. The maximum absolute atomic E-state index is 12.6. The Morgan fingerprint density at radius 2 is 2.03 bits per heavy atom. The summed E-state index contributed by atoms with van der Waals surface area (Å²) in [7, 11) is 0. The van der Waals surface area contributed by atoms with E-state index in [2.05, 4.69) is 24.8 Å². The molecule has 0 radical (unpaired) electrons. The molecule has 2 aromatic rings. The van der Waals surface area contributed by atoms with Gasteiger partial charge < -0.3 is 14.4 Å². The first kappa shape index (κ1) is 22.9. The molecule has 160 valence electrons. The van der Waals surface area contributed by atoms with Gasteiger partial charge in [-0.15, -0.1) is 9.82 Å². The normalized spacial score (nSPS) is 14.4. The van der Waals surface area contributed by atoms with Crippen LogP contribution in [0.3, 0.4) is 0 Å². The second-order valence-corrected chi connectivity index (χ2v) is 8.99. The van der Waals surface area contributed by atoms with Crippen molar-refractivity contribution >= 4 is 17.3 Å². The molecular weight excluding hydrogens is 415 g/mol. The SMILES string of the molecule is CC(C)(C)[S@+]([O-])NC(c1ccc(OCC(F)(F)F)cn1)c1cn(CC(=O)O)nn1. The number of hydrogen-bond donors (Lipinski definition) is 2. The molecule has 2 rings (SSSR count). The number of ether oxygens (including phenoxy) is 1. The zero-order chi connectivity index (χ0) is 21.8. The minimum absolute atomic E-state index is 0.0868. The van der Waals surface area contributed by atoms with Gasteiger partial charge in [0, 0.05) is 11.4 Å². The van der Waals surface area contributed by atoms with Crippen molar-refractivity contribution in [3.63, 3.8) is 0 Å². The highest BCUT2D eigenvalue weighted by atomic mass is 32.2. The van der Waals surface area contributed by atoms with Gasteiger partial charge in [-0.05, 0) is 32.9 Å². The highest BCUT2D eigenvalue weighted by Crippen LogP contribution is 2.25. The number of nitrogens with zero attached hydrogens (tertiary/aromatic N) is 4. The summed E-state index contributed by atoms with van der Waals surface area (Å²) < 4.78 is 57.3. The first-order chi connectivity index (χ1) is 13.3. The molecule has 0 bridgehead atoms. The second-order valence-electron chi connectivity index (χ2n) is 6.99. The van der Waals surface area contributed by atoms with E-state index in [1.807, 2.05) is 0 Å². The molecule has 0 aliphatic carbocycles. The van der Waals surface area contributed by atoms with Crippen molar-refractivity contribution in [2.75, 3.05) is 6.61 Å². The van der Waals surface area contributed by atoms with Crippen LogP contribution >= 0.6 is 0 Å². The van der Waals surface area contributed by atoms with Crippen LogP contribution in [0.15, 0.2) is 24.5 Å². The number of aromatic nitrogens is 4. The molecule has 9 nitrogen and oxygen atoms in total. The third-order valence-corrected chi connectivity index (χ3v) is 4.95. The molecule has 0 spiro atoms. The number of hydrogen-bond acceptors (Lipinski definition) is 7. The number of aliphatic carboxylic acids is 1. The Labute approximate surface area is 167 Å². The summed E-state index contributed by atoms with van der Waals surface area (Å²) in [5, 5.41) is 16.5. The molecule has 0 aliphatic rings. The molecule has 2 heterocycles. The van der Waals surface area contributed by atoms with Crippen molar-refractivity contribution in [2.24, 2.45) is 0 Å². The molecule has 2 N–H and O–H groups in total. The van der Waals surface area contributed by atoms with Gasteiger partial charge in [-0.1, -0.05) is 5.21 Å². The van der Waals surface area contributed by atoms with Crippen LogP contribution in [0.2, 0.25) is 0 Å². The Morgan fingerprint density at radius 3 is 2.55 bits per heavy atom. The smallest absolute Gasteiger partial charge is 0.422 e. The number of alkyl halides is 3. The van der Waals surface area contributed by atoms with E-state index in [0.717, 1.165) is 10.9 Å². The number of carboxylic acid groups (broad SMARTS) is 1. The summed E-state index contributed by atoms with van der Waals surface area (Å²) in [5.41, 5.74) is 0.546. The lowest BCUT2D eigenvalue weighted by molar-refractivity contribution is -0.153. The predicted molar refractivity (Wildman–Crippen MR) is 96.3 cm³/mol. The molecule has 0 fully saturated rings. The van der Waals surface area contributed by atoms with Crippen LogP contribution in [0.5, 0.6) is 5.75 Å². The minimum atomic E-state index is -4.48. The maximum Gasteiger partial charge on any atom is 0.422 e. The third kappa shape index (κ3) is 7.18. The molecule has 13 heteroatoms. The van der Waals surface area contributed by atoms with E-state index < -0.39 is 47.4 Å². The molecule has 0 amide bonds. The Kier molecular flexibility index (Phi) is 7.08. The van der Waals surface area contributed by atoms with Gasteiger partial charge in [-0.2, -0.15) is 13.2 Å². The Morgan fingerprint density at radius 1 is 1.34 bits per heavy atom. The van der Waals surface area contributed by atoms with Crippen LogP contribution in [0.1, 0.15) is 38.2 Å². The predicted octanol–water partition coefficient (Wildman–Crippen LogP) is 1.84. The zero-order valence-electron chi connectivity index (χ0n) is 15.8.